The Morgan fingerprint density at radius 2 is 1.35 bits per heavy atom. The van der Waals surface area contributed by atoms with E-state index in [-0.39, 0.29) is 0 Å². The van der Waals surface area contributed by atoms with Crippen molar-refractivity contribution in [3.8, 4) is 0 Å². The van der Waals surface area contributed by atoms with Crippen molar-refractivity contribution in [2.24, 2.45) is 0 Å². The normalized spacial score (nSPS) is 9.95. The summed E-state index contributed by atoms with van der Waals surface area (Å²) in [6.07, 6.45) is 0.828. The molecule has 0 N–H and O–H groups in total. The van der Waals surface area contributed by atoms with Crippen molar-refractivity contribution >= 4 is 10.8 Å². The van der Waals surface area contributed by atoms with E-state index >= 15 is 0 Å². The number of hydrogen-bond acceptors (Lipinski definition) is 2. The van der Waals surface area contributed by atoms with Gasteiger partial charge < -0.3 is 0 Å². The summed E-state index contributed by atoms with van der Waals surface area (Å²) in [4.78, 5) is 0. The molecule has 0 fully saturated rings. The molecule has 2 heteroatoms. The number of aromatic nitrogens is 2. The first-order valence-corrected chi connectivity index (χ1v) is 7.09. The van der Waals surface area contributed by atoms with E-state index in [4.69, 9.17) is 0 Å². The van der Waals surface area contributed by atoms with Gasteiger partial charge in [0, 0.05) is 17.2 Å². The van der Waals surface area contributed by atoms with Crippen LogP contribution in [0.5, 0.6) is 0 Å². The fourth-order valence-corrected chi connectivity index (χ4v) is 2.21. The van der Waals surface area contributed by atoms with Crippen molar-refractivity contribution in [3.63, 3.8) is 0 Å². The molecule has 0 radical (unpaired) electrons. The number of hydrogen-bond donors (Lipinski definition) is 0. The Hall–Kier alpha value is -2.22. The van der Waals surface area contributed by atoms with Gasteiger partial charge in [0.05, 0.1) is 11.4 Å². The molecule has 0 saturated carbocycles. The summed E-state index contributed by atoms with van der Waals surface area (Å²) in [5.74, 6) is 0. The summed E-state index contributed by atoms with van der Waals surface area (Å²) >= 11 is 0. The van der Waals surface area contributed by atoms with Gasteiger partial charge in [-0.2, -0.15) is 10.2 Å². The molecule has 2 aromatic carbocycles. The largest absolute Gasteiger partial charge is 0.155 e. The molecule has 0 amide bonds. The van der Waals surface area contributed by atoms with Crippen molar-refractivity contribution in [1.29, 1.82) is 0 Å². The predicted molar refractivity (Wildman–Crippen MR) is 84.9 cm³/mol. The Morgan fingerprint density at radius 1 is 0.750 bits per heavy atom. The molecular weight excluding hydrogens is 244 g/mol. The molecule has 0 aliphatic rings. The zero-order valence-corrected chi connectivity index (χ0v) is 12.3. The van der Waals surface area contributed by atoms with Crippen LogP contribution in [-0.4, -0.2) is 10.2 Å². The molecule has 0 atom stereocenters. The van der Waals surface area contributed by atoms with Gasteiger partial charge in [0.15, 0.2) is 0 Å². The lowest BCUT2D eigenvalue weighted by atomic mass is 10.0. The van der Waals surface area contributed by atoms with E-state index in [1.165, 1.54) is 16.3 Å². The summed E-state index contributed by atoms with van der Waals surface area (Å²) in [6.45, 7) is 6.00. The lowest BCUT2D eigenvalue weighted by Gasteiger charge is -2.06. The van der Waals surface area contributed by atoms with Crippen LogP contribution in [0, 0.1) is 6.92 Å². The molecular formula is C18H20N2. The van der Waals surface area contributed by atoms with Crippen LogP contribution < -0.4 is 0 Å². The SMILES string of the molecule is CC.Cc1nnc(Cc2ccccc2)c2ccccc12. The van der Waals surface area contributed by atoms with Gasteiger partial charge in [0.1, 0.15) is 0 Å². The molecule has 0 saturated heterocycles. The molecule has 0 unspecified atom stereocenters. The third-order valence-corrected chi connectivity index (χ3v) is 3.16. The average Bonchev–Trinajstić information content (AvgIpc) is 2.53. The van der Waals surface area contributed by atoms with Gasteiger partial charge in [-0.15, -0.1) is 0 Å². The van der Waals surface area contributed by atoms with Crippen molar-refractivity contribution < 1.29 is 0 Å². The van der Waals surface area contributed by atoms with Crippen LogP contribution in [0.3, 0.4) is 0 Å². The lowest BCUT2D eigenvalue weighted by molar-refractivity contribution is 0.930. The first-order chi connectivity index (χ1) is 9.84. The molecule has 0 aliphatic heterocycles. The van der Waals surface area contributed by atoms with E-state index in [1.54, 1.807) is 0 Å². The number of nitrogens with zero attached hydrogens (tertiary/aromatic N) is 2. The summed E-state index contributed by atoms with van der Waals surface area (Å²) < 4.78 is 0. The van der Waals surface area contributed by atoms with E-state index in [9.17, 15) is 0 Å². The summed E-state index contributed by atoms with van der Waals surface area (Å²) in [7, 11) is 0. The van der Waals surface area contributed by atoms with E-state index < -0.39 is 0 Å². The zero-order chi connectivity index (χ0) is 14.4. The lowest BCUT2D eigenvalue weighted by Crippen LogP contribution is -1.98. The average molecular weight is 264 g/mol. The van der Waals surface area contributed by atoms with Gasteiger partial charge in [0.2, 0.25) is 0 Å². The highest BCUT2D eigenvalue weighted by Gasteiger charge is 2.06. The number of aryl methyl sites for hydroxylation is 1. The van der Waals surface area contributed by atoms with E-state index in [0.29, 0.717) is 0 Å². The molecule has 3 rings (SSSR count). The first-order valence-electron chi connectivity index (χ1n) is 7.09. The second-order valence-electron chi connectivity index (χ2n) is 4.44. The van der Waals surface area contributed by atoms with Crippen LogP contribution in [0.2, 0.25) is 0 Å². The monoisotopic (exact) mass is 264 g/mol. The van der Waals surface area contributed by atoms with Crippen molar-refractivity contribution in [2.75, 3.05) is 0 Å². The highest BCUT2D eigenvalue weighted by molar-refractivity contribution is 5.86. The van der Waals surface area contributed by atoms with Crippen LogP contribution in [0.1, 0.15) is 30.8 Å². The zero-order valence-electron chi connectivity index (χ0n) is 12.3. The van der Waals surface area contributed by atoms with Crippen molar-refractivity contribution in [1.82, 2.24) is 10.2 Å². The summed E-state index contributed by atoms with van der Waals surface area (Å²) in [6, 6.07) is 18.7. The maximum Gasteiger partial charge on any atom is 0.0753 e. The fourth-order valence-electron chi connectivity index (χ4n) is 2.21. The molecule has 1 aromatic heterocycles. The van der Waals surface area contributed by atoms with Gasteiger partial charge in [-0.1, -0.05) is 68.4 Å². The van der Waals surface area contributed by atoms with Crippen LogP contribution in [0.25, 0.3) is 10.8 Å². The highest BCUT2D eigenvalue weighted by Crippen LogP contribution is 2.20. The third-order valence-electron chi connectivity index (χ3n) is 3.16. The van der Waals surface area contributed by atoms with Crippen LogP contribution in [-0.2, 0) is 6.42 Å². The van der Waals surface area contributed by atoms with Crippen LogP contribution in [0.15, 0.2) is 54.6 Å². The predicted octanol–water partition coefficient (Wildman–Crippen LogP) is 4.56. The van der Waals surface area contributed by atoms with E-state index in [0.717, 1.165) is 17.8 Å². The number of benzene rings is 2. The topological polar surface area (TPSA) is 25.8 Å². The molecule has 2 nitrogen and oxygen atoms in total. The molecule has 0 spiro atoms. The minimum Gasteiger partial charge on any atom is -0.155 e. The highest BCUT2D eigenvalue weighted by atomic mass is 15.1. The summed E-state index contributed by atoms with van der Waals surface area (Å²) in [5.41, 5.74) is 3.30. The van der Waals surface area contributed by atoms with Crippen LogP contribution in [0.4, 0.5) is 0 Å². The Bertz CT molecular complexity index is 675. The minimum atomic E-state index is 0.828. The van der Waals surface area contributed by atoms with Gasteiger partial charge in [0.25, 0.3) is 0 Å². The molecule has 0 bridgehead atoms. The van der Waals surface area contributed by atoms with Gasteiger partial charge in [-0.05, 0) is 12.5 Å². The van der Waals surface area contributed by atoms with E-state index in [2.05, 4.69) is 52.7 Å². The Kier molecular flexibility index (Phi) is 4.83. The van der Waals surface area contributed by atoms with Gasteiger partial charge in [-0.3, -0.25) is 0 Å². The quantitative estimate of drug-likeness (QED) is 0.678. The second-order valence-corrected chi connectivity index (χ2v) is 4.44. The second kappa shape index (κ2) is 6.80. The van der Waals surface area contributed by atoms with Crippen molar-refractivity contribution in [2.45, 2.75) is 27.2 Å². The first kappa shape index (κ1) is 14.2. The molecule has 102 valence electrons. The molecule has 3 aromatic rings. The molecule has 20 heavy (non-hydrogen) atoms. The Balaban J connectivity index is 0.000000704. The van der Waals surface area contributed by atoms with Crippen LogP contribution >= 0.6 is 0 Å². The Labute approximate surface area is 120 Å². The maximum absolute atomic E-state index is 4.35. The van der Waals surface area contributed by atoms with E-state index in [1.807, 2.05) is 32.9 Å². The third kappa shape index (κ3) is 3.02. The Morgan fingerprint density at radius 3 is 2.05 bits per heavy atom. The molecule has 1 heterocycles. The van der Waals surface area contributed by atoms with Crippen molar-refractivity contribution in [3.05, 3.63) is 71.5 Å². The smallest absolute Gasteiger partial charge is 0.0753 e. The number of fused-ring (bicyclic) bond motifs is 1. The van der Waals surface area contributed by atoms with Gasteiger partial charge in [-0.25, -0.2) is 0 Å². The standard InChI is InChI=1S/C16H14N2.C2H6/c1-12-14-9-5-6-10-15(14)16(18-17-12)11-13-7-3-2-4-8-13;1-2/h2-10H,11H2,1H3;1-2H3. The minimum absolute atomic E-state index is 0.828. The maximum atomic E-state index is 4.35. The number of rotatable bonds is 2. The summed E-state index contributed by atoms with van der Waals surface area (Å²) in [5, 5.41) is 11.0. The fraction of sp³-hybridized carbons (Fsp3) is 0.222. The van der Waals surface area contributed by atoms with Gasteiger partial charge >= 0.3 is 0 Å². The molecule has 0 aliphatic carbocycles.